The number of imidazole rings is 1. The third kappa shape index (κ3) is 0.896. The topological polar surface area (TPSA) is 50.2 Å². The maximum Gasteiger partial charge on any atom is 0.331 e. The Morgan fingerprint density at radius 2 is 2.42 bits per heavy atom. The lowest BCUT2D eigenvalue weighted by atomic mass is 10.4. The summed E-state index contributed by atoms with van der Waals surface area (Å²) in [5.41, 5.74) is 1.28. The Hall–Kier alpha value is -1.10. The molecule has 0 saturated carbocycles. The van der Waals surface area contributed by atoms with Gasteiger partial charge >= 0.3 is 5.69 Å². The van der Waals surface area contributed by atoms with Crippen molar-refractivity contribution in [2.75, 3.05) is 0 Å². The van der Waals surface area contributed by atoms with Crippen LogP contribution in [0.3, 0.4) is 0 Å². The van der Waals surface area contributed by atoms with Crippen molar-refractivity contribution in [2.24, 2.45) is 0 Å². The highest BCUT2D eigenvalue weighted by atomic mass is 79.9. The molecule has 62 valence electrons. The first-order chi connectivity index (χ1) is 5.70. The molecule has 0 bridgehead atoms. The average molecular weight is 228 g/mol. The zero-order valence-corrected chi connectivity index (χ0v) is 7.92. The number of aromatic nitrogens is 3. The summed E-state index contributed by atoms with van der Waals surface area (Å²) in [6, 6.07) is 0. The molecule has 0 saturated heterocycles. The highest BCUT2D eigenvalue weighted by Gasteiger charge is 2.05. The van der Waals surface area contributed by atoms with Gasteiger partial charge in [0.25, 0.3) is 0 Å². The summed E-state index contributed by atoms with van der Waals surface area (Å²) >= 11 is 3.34. The third-order valence-corrected chi connectivity index (χ3v) is 2.63. The molecular weight excluding hydrogens is 222 g/mol. The number of H-pyrrole nitrogens is 1. The number of nitrogens with one attached hydrogen (secondary N) is 1. The Kier molecular flexibility index (Phi) is 1.54. The molecule has 0 unspecified atom stereocenters. The molecule has 0 aliphatic carbocycles. The lowest BCUT2D eigenvalue weighted by molar-refractivity contribution is 0.963. The first kappa shape index (κ1) is 7.54. The quantitative estimate of drug-likeness (QED) is 0.733. The second-order valence-corrected chi connectivity index (χ2v) is 3.28. The van der Waals surface area contributed by atoms with Crippen molar-refractivity contribution < 1.29 is 0 Å². The van der Waals surface area contributed by atoms with Gasteiger partial charge in [-0.25, -0.2) is 9.78 Å². The van der Waals surface area contributed by atoms with Crippen LogP contribution in [0, 0.1) is 6.92 Å². The van der Waals surface area contributed by atoms with E-state index in [4.69, 9.17) is 0 Å². The number of hydrogen-bond acceptors (Lipinski definition) is 2. The van der Waals surface area contributed by atoms with Gasteiger partial charge in [0.2, 0.25) is 0 Å². The molecular formula is C7H6BrN3O. The number of hydrogen-bond donors (Lipinski definition) is 1. The van der Waals surface area contributed by atoms with Gasteiger partial charge in [-0.05, 0) is 22.9 Å². The van der Waals surface area contributed by atoms with Gasteiger partial charge in [0.15, 0.2) is 5.65 Å². The molecule has 0 radical (unpaired) electrons. The van der Waals surface area contributed by atoms with Crippen molar-refractivity contribution in [2.45, 2.75) is 6.92 Å². The normalized spacial score (nSPS) is 10.8. The molecule has 5 heteroatoms. The van der Waals surface area contributed by atoms with Gasteiger partial charge in [-0.15, -0.1) is 0 Å². The van der Waals surface area contributed by atoms with E-state index in [9.17, 15) is 4.79 Å². The van der Waals surface area contributed by atoms with Crippen molar-refractivity contribution in [3.63, 3.8) is 0 Å². The van der Waals surface area contributed by atoms with Gasteiger partial charge in [-0.1, -0.05) is 0 Å². The van der Waals surface area contributed by atoms with Crippen molar-refractivity contribution in [3.05, 3.63) is 33.0 Å². The van der Waals surface area contributed by atoms with Crippen molar-refractivity contribution in [1.82, 2.24) is 14.4 Å². The number of aryl methyl sites for hydroxylation is 1. The summed E-state index contributed by atoms with van der Waals surface area (Å²) in [5.74, 6) is 0. The van der Waals surface area contributed by atoms with Gasteiger partial charge in [-0.3, -0.25) is 4.40 Å². The molecule has 0 aliphatic heterocycles. The standard InChI is InChI=1S/C7H6BrN3O/c1-4-5(8)6-9-2-3-11(6)7(12)10-4/h2-3H,1H3,(H,10,12). The van der Waals surface area contributed by atoms with Gasteiger partial charge in [0.1, 0.15) is 0 Å². The van der Waals surface area contributed by atoms with E-state index in [-0.39, 0.29) is 5.69 Å². The number of nitrogens with zero attached hydrogens (tertiary/aromatic N) is 2. The van der Waals surface area contributed by atoms with E-state index < -0.39 is 0 Å². The molecule has 0 amide bonds. The summed E-state index contributed by atoms with van der Waals surface area (Å²) in [6.07, 6.45) is 3.22. The van der Waals surface area contributed by atoms with Crippen molar-refractivity contribution in [3.8, 4) is 0 Å². The monoisotopic (exact) mass is 227 g/mol. The largest absolute Gasteiger partial charge is 0.331 e. The lowest BCUT2D eigenvalue weighted by Crippen LogP contribution is -2.16. The minimum absolute atomic E-state index is 0.164. The smallest absolute Gasteiger partial charge is 0.310 e. The third-order valence-electron chi connectivity index (χ3n) is 1.68. The fraction of sp³-hybridized carbons (Fsp3) is 0.143. The molecule has 0 aliphatic rings. The summed E-state index contributed by atoms with van der Waals surface area (Å²) < 4.78 is 2.28. The van der Waals surface area contributed by atoms with Crippen LogP contribution in [0.4, 0.5) is 0 Å². The Balaban J connectivity index is 3.07. The second kappa shape index (κ2) is 2.45. The van der Waals surface area contributed by atoms with Crippen LogP contribution >= 0.6 is 15.9 Å². The fourth-order valence-corrected chi connectivity index (χ4v) is 1.47. The van der Waals surface area contributed by atoms with E-state index >= 15 is 0 Å². The number of aromatic amines is 1. The van der Waals surface area contributed by atoms with Crippen LogP contribution in [0.25, 0.3) is 5.65 Å². The fourth-order valence-electron chi connectivity index (χ4n) is 1.07. The van der Waals surface area contributed by atoms with Crippen molar-refractivity contribution >= 4 is 21.6 Å². The van der Waals surface area contributed by atoms with Crippen LogP contribution in [0.5, 0.6) is 0 Å². The van der Waals surface area contributed by atoms with E-state index in [0.29, 0.717) is 5.65 Å². The van der Waals surface area contributed by atoms with Gasteiger partial charge in [0.05, 0.1) is 4.47 Å². The Morgan fingerprint density at radius 3 is 3.17 bits per heavy atom. The molecule has 0 fully saturated rings. The highest BCUT2D eigenvalue weighted by Crippen LogP contribution is 2.16. The Morgan fingerprint density at radius 1 is 1.67 bits per heavy atom. The van der Waals surface area contributed by atoms with E-state index in [0.717, 1.165) is 10.2 Å². The van der Waals surface area contributed by atoms with Crippen LogP contribution in [0.1, 0.15) is 5.69 Å². The zero-order chi connectivity index (χ0) is 8.72. The SMILES string of the molecule is Cc1[nH]c(=O)n2ccnc2c1Br. The molecule has 1 N–H and O–H groups in total. The van der Waals surface area contributed by atoms with Gasteiger partial charge < -0.3 is 4.98 Å². The molecule has 0 spiro atoms. The van der Waals surface area contributed by atoms with E-state index in [1.54, 1.807) is 12.4 Å². The van der Waals surface area contributed by atoms with Crippen LogP contribution in [0.2, 0.25) is 0 Å². The van der Waals surface area contributed by atoms with Crippen LogP contribution in [0.15, 0.2) is 21.7 Å². The van der Waals surface area contributed by atoms with E-state index in [2.05, 4.69) is 25.9 Å². The maximum absolute atomic E-state index is 11.3. The lowest BCUT2D eigenvalue weighted by Gasteiger charge is -1.98. The first-order valence-corrected chi connectivity index (χ1v) is 4.21. The number of fused-ring (bicyclic) bond motifs is 1. The average Bonchev–Trinajstić information content (AvgIpc) is 2.48. The predicted octanol–water partition coefficient (Wildman–Crippen LogP) is 1.09. The predicted molar refractivity (Wildman–Crippen MR) is 48.2 cm³/mol. The molecule has 0 atom stereocenters. The van der Waals surface area contributed by atoms with Gasteiger partial charge in [0, 0.05) is 18.1 Å². The van der Waals surface area contributed by atoms with Crippen LogP contribution < -0.4 is 5.69 Å². The summed E-state index contributed by atoms with van der Waals surface area (Å²) in [6.45, 7) is 1.82. The summed E-state index contributed by atoms with van der Waals surface area (Å²) in [7, 11) is 0. The molecule has 2 aromatic heterocycles. The molecule has 2 rings (SSSR count). The minimum Gasteiger partial charge on any atom is -0.310 e. The van der Waals surface area contributed by atoms with E-state index in [1.165, 1.54) is 4.40 Å². The number of halogens is 1. The van der Waals surface area contributed by atoms with Crippen LogP contribution in [-0.4, -0.2) is 14.4 Å². The maximum atomic E-state index is 11.3. The Labute approximate surface area is 76.4 Å². The summed E-state index contributed by atoms with van der Waals surface area (Å²) in [5, 5.41) is 0. The van der Waals surface area contributed by atoms with Crippen LogP contribution in [-0.2, 0) is 0 Å². The second-order valence-electron chi connectivity index (χ2n) is 2.49. The molecule has 2 aromatic rings. The number of rotatable bonds is 0. The summed E-state index contributed by atoms with van der Waals surface area (Å²) in [4.78, 5) is 18.0. The Bertz CT molecular complexity index is 485. The van der Waals surface area contributed by atoms with E-state index in [1.807, 2.05) is 6.92 Å². The molecule has 4 nitrogen and oxygen atoms in total. The van der Waals surface area contributed by atoms with Crippen molar-refractivity contribution in [1.29, 1.82) is 0 Å². The minimum atomic E-state index is -0.164. The van der Waals surface area contributed by atoms with Gasteiger partial charge in [-0.2, -0.15) is 0 Å². The highest BCUT2D eigenvalue weighted by molar-refractivity contribution is 9.10. The molecule has 0 aromatic carbocycles. The molecule has 12 heavy (non-hydrogen) atoms. The molecule has 2 heterocycles. The first-order valence-electron chi connectivity index (χ1n) is 3.41. The zero-order valence-electron chi connectivity index (χ0n) is 6.34.